The molecule has 0 radical (unpaired) electrons. The second-order valence-electron chi connectivity index (χ2n) is 9.72. The summed E-state index contributed by atoms with van der Waals surface area (Å²) in [5.74, 6) is 1.66. The van der Waals surface area contributed by atoms with E-state index in [1.54, 1.807) is 12.1 Å². The largest absolute Gasteiger partial charge is 0.508 e. The van der Waals surface area contributed by atoms with Gasteiger partial charge in [-0.05, 0) is 75.9 Å². The molecular weight excluding hydrogens is 388 g/mol. The van der Waals surface area contributed by atoms with Gasteiger partial charge in [0.2, 0.25) is 5.91 Å². The molecule has 1 atom stereocenters. The number of fused-ring (bicyclic) bond motifs is 1. The maximum Gasteiger partial charge on any atom is 0.227 e. The molecule has 2 aliphatic rings. The molecular formula is C26H34N2O3. The van der Waals surface area contributed by atoms with Gasteiger partial charge in [-0.3, -0.25) is 9.69 Å². The van der Waals surface area contributed by atoms with Crippen LogP contribution < -0.4 is 10.1 Å². The number of benzene rings is 2. The zero-order valence-electron chi connectivity index (χ0n) is 18.9. The highest BCUT2D eigenvalue weighted by atomic mass is 16.5. The molecule has 166 valence electrons. The molecule has 2 N–H and O–H groups in total. The van der Waals surface area contributed by atoms with Crippen molar-refractivity contribution in [3.63, 3.8) is 0 Å². The van der Waals surface area contributed by atoms with Crippen LogP contribution in [-0.2, 0) is 17.8 Å². The highest BCUT2D eigenvalue weighted by Crippen LogP contribution is 2.38. The Morgan fingerprint density at radius 3 is 2.61 bits per heavy atom. The van der Waals surface area contributed by atoms with E-state index in [1.165, 1.54) is 11.1 Å². The summed E-state index contributed by atoms with van der Waals surface area (Å²) in [6, 6.07) is 13.4. The van der Waals surface area contributed by atoms with Gasteiger partial charge in [0.1, 0.15) is 17.1 Å². The number of hydrogen-bond acceptors (Lipinski definition) is 4. The van der Waals surface area contributed by atoms with Crippen molar-refractivity contribution in [3.8, 4) is 11.5 Å². The Balaban J connectivity index is 1.24. The van der Waals surface area contributed by atoms with Gasteiger partial charge in [-0.15, -0.1) is 0 Å². The highest BCUT2D eigenvalue weighted by molar-refractivity contribution is 5.83. The number of aromatic hydroxyl groups is 1. The highest BCUT2D eigenvalue weighted by Gasteiger charge is 2.32. The van der Waals surface area contributed by atoms with Gasteiger partial charge in [-0.2, -0.15) is 0 Å². The van der Waals surface area contributed by atoms with Gasteiger partial charge < -0.3 is 15.2 Å². The number of carbonyl (C=O) groups excluding carboxylic acids is 1. The first-order valence-electron chi connectivity index (χ1n) is 11.4. The normalized spacial score (nSPS) is 19.5. The van der Waals surface area contributed by atoms with Crippen molar-refractivity contribution < 1.29 is 14.6 Å². The molecule has 0 spiro atoms. The minimum atomic E-state index is -0.217. The third-order valence-corrected chi connectivity index (χ3v) is 6.63. The lowest BCUT2D eigenvalue weighted by atomic mass is 9.95. The zero-order chi connectivity index (χ0) is 22.0. The molecule has 5 heteroatoms. The van der Waals surface area contributed by atoms with Crippen LogP contribution >= 0.6 is 0 Å². The first-order chi connectivity index (χ1) is 14.8. The zero-order valence-corrected chi connectivity index (χ0v) is 18.9. The molecule has 4 rings (SSSR count). The molecule has 0 bridgehead atoms. The lowest BCUT2D eigenvalue weighted by molar-refractivity contribution is -0.122. The average Bonchev–Trinajstić information content (AvgIpc) is 3.08. The Labute approximate surface area is 185 Å². The van der Waals surface area contributed by atoms with Gasteiger partial charge in [-0.1, -0.05) is 30.3 Å². The molecule has 2 aromatic rings. The molecule has 2 aromatic carbocycles. The summed E-state index contributed by atoms with van der Waals surface area (Å²) < 4.78 is 6.23. The predicted molar refractivity (Wildman–Crippen MR) is 122 cm³/mol. The number of phenolic OH excluding ortho intramolecular Hbond substituents is 1. The Hall–Kier alpha value is -2.53. The average molecular weight is 423 g/mol. The summed E-state index contributed by atoms with van der Waals surface area (Å²) in [7, 11) is 0. The van der Waals surface area contributed by atoms with E-state index in [2.05, 4.69) is 42.3 Å². The summed E-state index contributed by atoms with van der Waals surface area (Å²) in [4.78, 5) is 15.0. The van der Waals surface area contributed by atoms with Crippen molar-refractivity contribution in [2.45, 2.75) is 58.1 Å². The summed E-state index contributed by atoms with van der Waals surface area (Å²) >= 11 is 0. The van der Waals surface area contributed by atoms with Gasteiger partial charge in [-0.25, -0.2) is 0 Å². The smallest absolute Gasteiger partial charge is 0.227 e. The molecule has 2 aliphatic heterocycles. The van der Waals surface area contributed by atoms with Gasteiger partial charge >= 0.3 is 0 Å². The number of likely N-dealkylation sites (tertiary alicyclic amines) is 1. The van der Waals surface area contributed by atoms with Crippen molar-refractivity contribution in [1.29, 1.82) is 0 Å². The first-order valence-corrected chi connectivity index (χ1v) is 11.4. The van der Waals surface area contributed by atoms with Crippen LogP contribution in [0.25, 0.3) is 0 Å². The molecule has 31 heavy (non-hydrogen) atoms. The SMILES string of the molecule is CC(C(=O)NCC1CCN(Cc2cccc3c2OC(C)(C)C3)CC1)c1ccc(O)cc1. The minimum absolute atomic E-state index is 0.0488. The van der Waals surface area contributed by atoms with E-state index in [4.69, 9.17) is 4.74 Å². The van der Waals surface area contributed by atoms with Crippen LogP contribution in [-0.4, -0.2) is 41.1 Å². The number of nitrogens with one attached hydrogen (secondary N) is 1. The molecule has 0 aliphatic carbocycles. The summed E-state index contributed by atoms with van der Waals surface area (Å²) in [5, 5.41) is 12.6. The summed E-state index contributed by atoms with van der Waals surface area (Å²) in [6.45, 7) is 9.95. The fourth-order valence-corrected chi connectivity index (χ4v) is 4.71. The van der Waals surface area contributed by atoms with Crippen molar-refractivity contribution in [2.24, 2.45) is 5.92 Å². The van der Waals surface area contributed by atoms with Crippen LogP contribution in [0.2, 0.25) is 0 Å². The van der Waals surface area contributed by atoms with E-state index >= 15 is 0 Å². The molecule has 2 heterocycles. The molecule has 1 unspecified atom stereocenters. The number of hydrogen-bond donors (Lipinski definition) is 2. The molecule has 5 nitrogen and oxygen atoms in total. The summed E-state index contributed by atoms with van der Waals surface area (Å²) in [6.07, 6.45) is 3.16. The number of piperidine rings is 1. The molecule has 1 fully saturated rings. The number of amides is 1. The van der Waals surface area contributed by atoms with Gasteiger partial charge in [0.05, 0.1) is 5.92 Å². The predicted octanol–water partition coefficient (Wildman–Crippen LogP) is 4.24. The minimum Gasteiger partial charge on any atom is -0.508 e. The number of carbonyl (C=O) groups is 1. The fraction of sp³-hybridized carbons (Fsp3) is 0.500. The van der Waals surface area contributed by atoms with Crippen LogP contribution in [0, 0.1) is 5.92 Å². The number of nitrogens with zero attached hydrogens (tertiary/aromatic N) is 1. The van der Waals surface area contributed by atoms with E-state index in [1.807, 2.05) is 19.1 Å². The number of phenols is 1. The van der Waals surface area contributed by atoms with E-state index in [-0.39, 0.29) is 23.2 Å². The van der Waals surface area contributed by atoms with E-state index in [9.17, 15) is 9.90 Å². The third-order valence-electron chi connectivity index (χ3n) is 6.63. The van der Waals surface area contributed by atoms with Crippen LogP contribution in [0.15, 0.2) is 42.5 Å². The van der Waals surface area contributed by atoms with E-state index < -0.39 is 0 Å². The topological polar surface area (TPSA) is 61.8 Å². The van der Waals surface area contributed by atoms with E-state index in [0.29, 0.717) is 5.92 Å². The van der Waals surface area contributed by atoms with Crippen LogP contribution in [0.5, 0.6) is 11.5 Å². The molecule has 0 saturated carbocycles. The summed E-state index contributed by atoms with van der Waals surface area (Å²) in [5.41, 5.74) is 3.42. The maximum atomic E-state index is 12.5. The van der Waals surface area contributed by atoms with E-state index in [0.717, 1.165) is 56.8 Å². The van der Waals surface area contributed by atoms with Crippen LogP contribution in [0.3, 0.4) is 0 Å². The third kappa shape index (κ3) is 5.21. The second kappa shape index (κ2) is 8.91. The number of ether oxygens (including phenoxy) is 1. The molecule has 0 aromatic heterocycles. The van der Waals surface area contributed by atoms with Crippen LogP contribution in [0.1, 0.15) is 56.2 Å². The Morgan fingerprint density at radius 2 is 1.90 bits per heavy atom. The molecule has 1 saturated heterocycles. The van der Waals surface area contributed by atoms with Gasteiger partial charge in [0.15, 0.2) is 0 Å². The number of para-hydroxylation sites is 1. The second-order valence-corrected chi connectivity index (χ2v) is 9.72. The van der Waals surface area contributed by atoms with Gasteiger partial charge in [0.25, 0.3) is 0 Å². The van der Waals surface area contributed by atoms with Crippen molar-refractivity contribution in [3.05, 3.63) is 59.2 Å². The molecule has 1 amide bonds. The van der Waals surface area contributed by atoms with Gasteiger partial charge in [0, 0.05) is 25.1 Å². The van der Waals surface area contributed by atoms with Crippen molar-refractivity contribution in [2.75, 3.05) is 19.6 Å². The Kier molecular flexibility index (Phi) is 6.24. The number of rotatable bonds is 6. The quantitative estimate of drug-likeness (QED) is 0.731. The Bertz CT molecular complexity index is 915. The maximum absolute atomic E-state index is 12.5. The van der Waals surface area contributed by atoms with Crippen LogP contribution in [0.4, 0.5) is 0 Å². The fourth-order valence-electron chi connectivity index (χ4n) is 4.71. The van der Waals surface area contributed by atoms with Crippen molar-refractivity contribution >= 4 is 5.91 Å². The van der Waals surface area contributed by atoms with Crippen molar-refractivity contribution in [1.82, 2.24) is 10.2 Å². The Morgan fingerprint density at radius 1 is 1.19 bits per heavy atom. The monoisotopic (exact) mass is 422 g/mol. The lowest BCUT2D eigenvalue weighted by Crippen LogP contribution is -2.39. The first kappa shape index (κ1) is 21.7. The lowest BCUT2D eigenvalue weighted by Gasteiger charge is -2.32. The standard InChI is InChI=1S/C26H34N2O3/c1-18(20-7-9-23(29)10-8-20)25(30)27-16-19-11-13-28(14-12-19)17-22-6-4-5-21-15-26(2,3)31-24(21)22/h4-10,18-19,29H,11-17H2,1-3H3,(H,27,30).